The number of carbonyl (C=O) groups excluding carboxylic acids is 1. The fourth-order valence-corrected chi connectivity index (χ4v) is 1.38. The van der Waals surface area contributed by atoms with Crippen LogP contribution in [-0.2, 0) is 4.79 Å². The predicted molar refractivity (Wildman–Crippen MR) is 39.8 cm³/mol. The molecule has 1 heterocycles. The van der Waals surface area contributed by atoms with Crippen LogP contribution in [0.2, 0.25) is 0 Å². The van der Waals surface area contributed by atoms with Crippen molar-refractivity contribution in [2.75, 3.05) is 6.54 Å². The number of nitrogens with zero attached hydrogens (tertiary/aromatic N) is 1. The fraction of sp³-hybridized carbons (Fsp3) is 0.857. The SMILES string of the molecule is CC(C)[C@@H]1CN(O)C(=O)[C@H]1N. The second kappa shape index (κ2) is 2.79. The average molecular weight is 158 g/mol. The maximum Gasteiger partial charge on any atom is 0.263 e. The fourth-order valence-electron chi connectivity index (χ4n) is 1.38. The highest BCUT2D eigenvalue weighted by Gasteiger charge is 2.38. The smallest absolute Gasteiger partial charge is 0.263 e. The Morgan fingerprint density at radius 2 is 2.27 bits per heavy atom. The monoisotopic (exact) mass is 158 g/mol. The van der Waals surface area contributed by atoms with Crippen LogP contribution in [-0.4, -0.2) is 28.8 Å². The molecule has 4 nitrogen and oxygen atoms in total. The Balaban J connectivity index is 2.67. The summed E-state index contributed by atoms with van der Waals surface area (Å²) in [4.78, 5) is 11.0. The number of carbonyl (C=O) groups is 1. The van der Waals surface area contributed by atoms with Gasteiger partial charge in [0.05, 0.1) is 12.6 Å². The Bertz CT molecular complexity index is 170. The summed E-state index contributed by atoms with van der Waals surface area (Å²) in [6, 6.07) is -0.514. The zero-order valence-corrected chi connectivity index (χ0v) is 6.82. The molecular formula is C7H14N2O2. The minimum atomic E-state index is -0.514. The van der Waals surface area contributed by atoms with E-state index >= 15 is 0 Å². The Labute approximate surface area is 65.9 Å². The molecule has 0 unspecified atom stereocenters. The van der Waals surface area contributed by atoms with Crippen molar-refractivity contribution in [1.82, 2.24) is 5.06 Å². The van der Waals surface area contributed by atoms with Gasteiger partial charge in [0.15, 0.2) is 0 Å². The van der Waals surface area contributed by atoms with Crippen LogP contribution in [0.15, 0.2) is 0 Å². The van der Waals surface area contributed by atoms with E-state index in [1.165, 1.54) is 0 Å². The molecule has 0 aromatic rings. The number of nitrogens with two attached hydrogens (primary N) is 1. The molecule has 0 bridgehead atoms. The summed E-state index contributed by atoms with van der Waals surface area (Å²) < 4.78 is 0. The van der Waals surface area contributed by atoms with Gasteiger partial charge in [0.2, 0.25) is 0 Å². The molecule has 0 radical (unpaired) electrons. The van der Waals surface area contributed by atoms with Crippen molar-refractivity contribution < 1.29 is 10.0 Å². The Morgan fingerprint density at radius 3 is 2.45 bits per heavy atom. The van der Waals surface area contributed by atoms with Crippen LogP contribution in [0.5, 0.6) is 0 Å². The summed E-state index contributed by atoms with van der Waals surface area (Å²) in [5, 5.41) is 9.71. The Kier molecular flexibility index (Phi) is 2.15. The Hall–Kier alpha value is -0.610. The summed E-state index contributed by atoms with van der Waals surface area (Å²) in [6.45, 7) is 4.37. The van der Waals surface area contributed by atoms with E-state index in [9.17, 15) is 4.79 Å². The maximum atomic E-state index is 11.0. The van der Waals surface area contributed by atoms with E-state index in [1.54, 1.807) is 0 Å². The first-order valence-electron chi connectivity index (χ1n) is 3.80. The third kappa shape index (κ3) is 1.36. The van der Waals surface area contributed by atoms with Gasteiger partial charge < -0.3 is 5.73 Å². The van der Waals surface area contributed by atoms with Gasteiger partial charge in [0, 0.05) is 5.92 Å². The second-order valence-electron chi connectivity index (χ2n) is 3.35. The topological polar surface area (TPSA) is 66.6 Å². The molecule has 1 saturated heterocycles. The minimum Gasteiger partial charge on any atom is -0.320 e. The molecule has 1 fully saturated rings. The largest absolute Gasteiger partial charge is 0.320 e. The zero-order chi connectivity index (χ0) is 8.59. The molecule has 1 aliphatic rings. The van der Waals surface area contributed by atoms with Crippen molar-refractivity contribution in [1.29, 1.82) is 0 Å². The molecule has 11 heavy (non-hydrogen) atoms. The summed E-state index contributed by atoms with van der Waals surface area (Å²) in [5.41, 5.74) is 5.56. The van der Waals surface area contributed by atoms with Crippen LogP contribution in [0.25, 0.3) is 0 Å². The maximum absolute atomic E-state index is 11.0. The van der Waals surface area contributed by atoms with Gasteiger partial charge in [0.25, 0.3) is 5.91 Å². The first-order chi connectivity index (χ1) is 5.04. The van der Waals surface area contributed by atoms with Gasteiger partial charge >= 0.3 is 0 Å². The van der Waals surface area contributed by atoms with Crippen LogP contribution < -0.4 is 5.73 Å². The summed E-state index contributed by atoms with van der Waals surface area (Å²) in [6.07, 6.45) is 0. The van der Waals surface area contributed by atoms with E-state index in [-0.39, 0.29) is 11.8 Å². The lowest BCUT2D eigenvalue weighted by Crippen LogP contribution is -2.36. The molecule has 64 valence electrons. The highest BCUT2D eigenvalue weighted by Crippen LogP contribution is 2.22. The molecule has 2 atom stereocenters. The molecule has 0 aromatic heterocycles. The van der Waals surface area contributed by atoms with Gasteiger partial charge in [-0.1, -0.05) is 13.8 Å². The van der Waals surface area contributed by atoms with Gasteiger partial charge in [-0.25, -0.2) is 5.06 Å². The van der Waals surface area contributed by atoms with Gasteiger partial charge in [-0.05, 0) is 5.92 Å². The van der Waals surface area contributed by atoms with E-state index in [4.69, 9.17) is 10.9 Å². The van der Waals surface area contributed by atoms with Crippen LogP contribution in [0.1, 0.15) is 13.8 Å². The van der Waals surface area contributed by atoms with Crippen molar-refractivity contribution >= 4 is 5.91 Å². The number of rotatable bonds is 1. The summed E-state index contributed by atoms with van der Waals surface area (Å²) in [7, 11) is 0. The van der Waals surface area contributed by atoms with Crippen molar-refractivity contribution in [3.8, 4) is 0 Å². The number of hydroxylamine groups is 2. The molecule has 1 amide bonds. The van der Waals surface area contributed by atoms with E-state index in [1.807, 2.05) is 13.8 Å². The van der Waals surface area contributed by atoms with Crippen LogP contribution in [0.3, 0.4) is 0 Å². The molecule has 4 heteroatoms. The molecule has 0 spiro atoms. The molecule has 3 N–H and O–H groups in total. The summed E-state index contributed by atoms with van der Waals surface area (Å²) in [5.74, 6) is 0.0716. The first kappa shape index (κ1) is 8.49. The molecule has 0 saturated carbocycles. The normalized spacial score (nSPS) is 32.1. The van der Waals surface area contributed by atoms with Crippen LogP contribution in [0, 0.1) is 11.8 Å². The van der Waals surface area contributed by atoms with E-state index in [2.05, 4.69) is 0 Å². The number of amides is 1. The third-order valence-electron chi connectivity index (χ3n) is 2.24. The lowest BCUT2D eigenvalue weighted by Gasteiger charge is -2.15. The third-order valence-corrected chi connectivity index (χ3v) is 2.24. The van der Waals surface area contributed by atoms with Crippen LogP contribution in [0.4, 0.5) is 0 Å². The highest BCUT2D eigenvalue weighted by molar-refractivity contribution is 5.83. The molecule has 1 rings (SSSR count). The van der Waals surface area contributed by atoms with Gasteiger partial charge in [-0.15, -0.1) is 0 Å². The lowest BCUT2D eigenvalue weighted by atomic mass is 9.92. The average Bonchev–Trinajstić information content (AvgIpc) is 2.17. The second-order valence-corrected chi connectivity index (χ2v) is 3.35. The molecular weight excluding hydrogens is 144 g/mol. The van der Waals surface area contributed by atoms with E-state index < -0.39 is 6.04 Å². The number of hydrogen-bond acceptors (Lipinski definition) is 3. The minimum absolute atomic E-state index is 0.0903. The summed E-state index contributed by atoms with van der Waals surface area (Å²) >= 11 is 0. The quantitative estimate of drug-likeness (QED) is 0.520. The number of hydrogen-bond donors (Lipinski definition) is 2. The molecule has 0 aliphatic carbocycles. The van der Waals surface area contributed by atoms with Crippen molar-refractivity contribution in [2.45, 2.75) is 19.9 Å². The van der Waals surface area contributed by atoms with Gasteiger partial charge in [-0.3, -0.25) is 10.0 Å². The molecule has 0 aromatic carbocycles. The highest BCUT2D eigenvalue weighted by atomic mass is 16.5. The van der Waals surface area contributed by atoms with E-state index in [0.29, 0.717) is 12.5 Å². The van der Waals surface area contributed by atoms with E-state index in [0.717, 1.165) is 5.06 Å². The van der Waals surface area contributed by atoms with Crippen LogP contribution >= 0.6 is 0 Å². The predicted octanol–water partition coefficient (Wildman–Crippen LogP) is -0.183. The van der Waals surface area contributed by atoms with Gasteiger partial charge in [-0.2, -0.15) is 0 Å². The van der Waals surface area contributed by atoms with Gasteiger partial charge in [0.1, 0.15) is 0 Å². The van der Waals surface area contributed by atoms with Crippen molar-refractivity contribution in [3.05, 3.63) is 0 Å². The van der Waals surface area contributed by atoms with Crippen molar-refractivity contribution in [3.63, 3.8) is 0 Å². The first-order valence-corrected chi connectivity index (χ1v) is 3.80. The molecule has 1 aliphatic heterocycles. The zero-order valence-electron chi connectivity index (χ0n) is 6.82. The van der Waals surface area contributed by atoms with Crippen molar-refractivity contribution in [2.24, 2.45) is 17.6 Å². The standard InChI is InChI=1S/C7H14N2O2/c1-4(2)5-3-9(11)7(10)6(5)8/h4-6,11H,3,8H2,1-2H3/t5-,6-/m0/s1. The lowest BCUT2D eigenvalue weighted by molar-refractivity contribution is -0.158. The Morgan fingerprint density at radius 1 is 1.73 bits per heavy atom.